The molecule has 1 radical (unpaired) electrons. The van der Waals surface area contributed by atoms with Gasteiger partial charge in [-0.25, -0.2) is 0 Å². The van der Waals surface area contributed by atoms with Gasteiger partial charge in [0.2, 0.25) is 0 Å². The Morgan fingerprint density at radius 3 is 2.00 bits per heavy atom. The number of hydrogen-bond acceptors (Lipinski definition) is 4. The molecule has 0 atom stereocenters. The van der Waals surface area contributed by atoms with E-state index in [0.29, 0.717) is 0 Å². The van der Waals surface area contributed by atoms with Gasteiger partial charge in [-0.1, -0.05) is 41.9 Å². The SMILES string of the molecule is CC(C)(O)C(C)(C)O[B]c1ccc2cc(B3OC(C)(C)C(C)(C)O3)ccc2c1. The first-order valence-electron chi connectivity index (χ1n) is 9.85. The van der Waals surface area contributed by atoms with E-state index in [9.17, 15) is 5.11 Å². The van der Waals surface area contributed by atoms with Crippen molar-refractivity contribution < 1.29 is 19.1 Å². The van der Waals surface area contributed by atoms with E-state index in [2.05, 4.69) is 58.0 Å². The third kappa shape index (κ3) is 4.02. The summed E-state index contributed by atoms with van der Waals surface area (Å²) in [6.45, 7) is 15.5. The van der Waals surface area contributed by atoms with Crippen LogP contribution in [0.3, 0.4) is 0 Å². The Balaban J connectivity index is 1.78. The summed E-state index contributed by atoms with van der Waals surface area (Å²) in [6, 6.07) is 12.4. The summed E-state index contributed by atoms with van der Waals surface area (Å²) in [4.78, 5) is 0. The molecule has 1 heterocycles. The van der Waals surface area contributed by atoms with Gasteiger partial charge in [-0.3, -0.25) is 0 Å². The van der Waals surface area contributed by atoms with Gasteiger partial charge in [0.1, 0.15) is 0 Å². The van der Waals surface area contributed by atoms with E-state index in [1.165, 1.54) is 0 Å². The third-order valence-electron chi connectivity index (χ3n) is 6.38. The van der Waals surface area contributed by atoms with Crippen LogP contribution in [0.15, 0.2) is 36.4 Å². The quantitative estimate of drug-likeness (QED) is 0.810. The molecule has 0 bridgehead atoms. The summed E-state index contributed by atoms with van der Waals surface area (Å²) >= 11 is 0. The zero-order valence-corrected chi connectivity index (χ0v) is 18.3. The molecule has 1 saturated heterocycles. The van der Waals surface area contributed by atoms with E-state index in [-0.39, 0.29) is 18.3 Å². The van der Waals surface area contributed by atoms with Crippen LogP contribution in [-0.2, 0) is 14.0 Å². The van der Waals surface area contributed by atoms with Gasteiger partial charge in [0, 0.05) is 0 Å². The number of hydrogen-bond donors (Lipinski definition) is 1. The van der Waals surface area contributed by atoms with E-state index >= 15 is 0 Å². The molecule has 0 aliphatic carbocycles. The Morgan fingerprint density at radius 2 is 1.43 bits per heavy atom. The van der Waals surface area contributed by atoms with Crippen molar-refractivity contribution in [2.24, 2.45) is 0 Å². The lowest BCUT2D eigenvalue weighted by Crippen LogP contribution is -2.49. The maximum atomic E-state index is 10.2. The van der Waals surface area contributed by atoms with Gasteiger partial charge in [-0.15, -0.1) is 0 Å². The average molecular weight is 381 g/mol. The lowest BCUT2D eigenvalue weighted by atomic mass is 9.77. The first kappa shape index (κ1) is 21.4. The second kappa shape index (κ2) is 6.87. The van der Waals surface area contributed by atoms with Crippen molar-refractivity contribution in [2.75, 3.05) is 0 Å². The average Bonchev–Trinajstić information content (AvgIpc) is 2.79. The lowest BCUT2D eigenvalue weighted by molar-refractivity contribution is -0.0893. The molecule has 0 saturated carbocycles. The van der Waals surface area contributed by atoms with E-state index in [0.717, 1.165) is 21.7 Å². The Bertz CT molecular complexity index is 852. The highest BCUT2D eigenvalue weighted by Gasteiger charge is 2.51. The fraction of sp³-hybridized carbons (Fsp3) is 0.545. The number of fused-ring (bicyclic) bond motifs is 1. The van der Waals surface area contributed by atoms with Crippen molar-refractivity contribution in [3.05, 3.63) is 36.4 Å². The van der Waals surface area contributed by atoms with E-state index in [1.807, 2.05) is 19.9 Å². The van der Waals surface area contributed by atoms with Gasteiger partial charge < -0.3 is 19.1 Å². The zero-order valence-electron chi connectivity index (χ0n) is 18.3. The molecule has 0 spiro atoms. The third-order valence-corrected chi connectivity index (χ3v) is 6.38. The van der Waals surface area contributed by atoms with Crippen molar-refractivity contribution in [2.45, 2.75) is 77.8 Å². The molecule has 4 nitrogen and oxygen atoms in total. The van der Waals surface area contributed by atoms with Gasteiger partial charge in [-0.2, -0.15) is 0 Å². The summed E-state index contributed by atoms with van der Waals surface area (Å²) in [5, 5.41) is 12.5. The van der Waals surface area contributed by atoms with Crippen molar-refractivity contribution in [1.82, 2.24) is 0 Å². The lowest BCUT2D eigenvalue weighted by Gasteiger charge is -2.37. The fourth-order valence-electron chi connectivity index (χ4n) is 2.84. The van der Waals surface area contributed by atoms with E-state index < -0.39 is 11.2 Å². The molecule has 2 aromatic rings. The summed E-state index contributed by atoms with van der Waals surface area (Å²) in [5.74, 6) is 0. The van der Waals surface area contributed by atoms with Crippen LogP contribution in [0.25, 0.3) is 10.8 Å². The predicted octanol–water partition coefficient (Wildman–Crippen LogP) is 2.95. The first-order valence-corrected chi connectivity index (χ1v) is 9.85. The van der Waals surface area contributed by atoms with E-state index in [4.69, 9.17) is 14.0 Å². The van der Waals surface area contributed by atoms with E-state index in [1.54, 1.807) is 21.3 Å². The summed E-state index contributed by atoms with van der Waals surface area (Å²) in [7, 11) is 1.34. The second-order valence-corrected chi connectivity index (χ2v) is 9.76. The molecule has 6 heteroatoms. The molecule has 2 aromatic carbocycles. The standard InChI is InChI=1S/C22H31B2O4/c1-19(2,25)20(3,4)26-23-17-11-9-16-14-18(12-10-15(16)13-17)24-27-21(5,6)22(7,8)28-24/h9-14,25H,1-8H3. The highest BCUT2D eigenvalue weighted by atomic mass is 16.7. The Labute approximate surface area is 170 Å². The minimum Gasteiger partial charge on any atom is -0.427 e. The number of aliphatic hydroxyl groups is 1. The van der Waals surface area contributed by atoms with Crippen LogP contribution in [0.2, 0.25) is 0 Å². The Kier molecular flexibility index (Phi) is 5.25. The summed E-state index contributed by atoms with van der Waals surface area (Å²) in [6.07, 6.45) is 0. The molecule has 0 aromatic heterocycles. The smallest absolute Gasteiger partial charge is 0.427 e. The topological polar surface area (TPSA) is 47.9 Å². The monoisotopic (exact) mass is 381 g/mol. The molecule has 149 valence electrons. The van der Waals surface area contributed by atoms with Gasteiger partial charge >= 0.3 is 14.6 Å². The molecule has 28 heavy (non-hydrogen) atoms. The van der Waals surface area contributed by atoms with Gasteiger partial charge in [0.15, 0.2) is 0 Å². The molecule has 0 amide bonds. The largest absolute Gasteiger partial charge is 0.494 e. The van der Waals surface area contributed by atoms with Gasteiger partial charge in [-0.05, 0) is 71.6 Å². The molecule has 3 rings (SSSR count). The van der Waals surface area contributed by atoms with Crippen molar-refractivity contribution >= 4 is 36.3 Å². The highest BCUT2D eigenvalue weighted by Crippen LogP contribution is 2.36. The summed E-state index contributed by atoms with van der Waals surface area (Å²) in [5.41, 5.74) is -0.372. The highest BCUT2D eigenvalue weighted by molar-refractivity contribution is 6.62. The van der Waals surface area contributed by atoms with Crippen LogP contribution in [0.1, 0.15) is 55.4 Å². The predicted molar refractivity (Wildman–Crippen MR) is 117 cm³/mol. The maximum absolute atomic E-state index is 10.2. The van der Waals surface area contributed by atoms with Crippen LogP contribution in [0.4, 0.5) is 0 Å². The zero-order chi connectivity index (χ0) is 21.0. The first-order chi connectivity index (χ1) is 12.7. The second-order valence-electron chi connectivity index (χ2n) is 9.76. The number of rotatable bonds is 5. The molecule has 1 fully saturated rings. The molecular formula is C22H31B2O4. The molecule has 1 aliphatic rings. The van der Waals surface area contributed by atoms with Crippen LogP contribution >= 0.6 is 0 Å². The van der Waals surface area contributed by atoms with Crippen molar-refractivity contribution in [3.8, 4) is 0 Å². The van der Waals surface area contributed by atoms with Crippen LogP contribution in [-0.4, -0.2) is 42.1 Å². The molecule has 1 N–H and O–H groups in total. The van der Waals surface area contributed by atoms with Crippen LogP contribution in [0.5, 0.6) is 0 Å². The molecule has 1 aliphatic heterocycles. The fourth-order valence-corrected chi connectivity index (χ4v) is 2.84. The van der Waals surface area contributed by atoms with Gasteiger partial charge in [0.25, 0.3) is 0 Å². The number of benzene rings is 2. The summed E-state index contributed by atoms with van der Waals surface area (Å²) < 4.78 is 18.2. The Hall–Kier alpha value is -1.33. The van der Waals surface area contributed by atoms with Gasteiger partial charge in [0.05, 0.1) is 22.4 Å². The normalized spacial score (nSPS) is 19.2. The Morgan fingerprint density at radius 1 is 0.893 bits per heavy atom. The molecule has 0 unspecified atom stereocenters. The van der Waals surface area contributed by atoms with Crippen molar-refractivity contribution in [3.63, 3.8) is 0 Å². The van der Waals surface area contributed by atoms with Crippen LogP contribution < -0.4 is 10.9 Å². The minimum atomic E-state index is -0.946. The maximum Gasteiger partial charge on any atom is 0.494 e. The van der Waals surface area contributed by atoms with Crippen LogP contribution in [0, 0.1) is 0 Å². The minimum absolute atomic E-state index is 0.351. The molecular weight excluding hydrogens is 350 g/mol. The van der Waals surface area contributed by atoms with Crippen molar-refractivity contribution in [1.29, 1.82) is 0 Å².